The Hall–Kier alpha value is -1.06. The Balaban J connectivity index is 3.79. The Morgan fingerprint density at radius 1 is 1.31 bits per heavy atom. The van der Waals surface area contributed by atoms with E-state index >= 15 is 0 Å². The summed E-state index contributed by atoms with van der Waals surface area (Å²) in [6, 6.07) is 0. The van der Waals surface area contributed by atoms with Crippen molar-refractivity contribution < 1.29 is 14.3 Å². The first-order valence-electron chi connectivity index (χ1n) is 4.50. The predicted molar refractivity (Wildman–Crippen MR) is 49.1 cm³/mol. The van der Waals surface area contributed by atoms with Crippen molar-refractivity contribution in [2.45, 2.75) is 26.7 Å². The molecule has 0 saturated heterocycles. The van der Waals surface area contributed by atoms with Crippen molar-refractivity contribution in [2.75, 3.05) is 13.7 Å². The van der Waals surface area contributed by atoms with Gasteiger partial charge in [0.05, 0.1) is 7.11 Å². The number of hydrogen-bond donors (Lipinski definition) is 1. The summed E-state index contributed by atoms with van der Waals surface area (Å²) in [4.78, 5) is 22.0. The van der Waals surface area contributed by atoms with E-state index in [2.05, 4.69) is 10.1 Å². The van der Waals surface area contributed by atoms with Crippen molar-refractivity contribution >= 4 is 11.9 Å². The molecular formula is C9H17NO3. The van der Waals surface area contributed by atoms with Gasteiger partial charge in [-0.1, -0.05) is 13.8 Å². The molecule has 0 aromatic carbocycles. The number of nitrogens with one attached hydrogen (secondary N) is 1. The normalized spacial score (nSPS) is 9.85. The SMILES string of the molecule is CCC(CC)C(=O)NCC(=O)OC. The molecule has 0 heterocycles. The molecule has 0 aliphatic carbocycles. The smallest absolute Gasteiger partial charge is 0.325 e. The molecule has 0 aliphatic heterocycles. The lowest BCUT2D eigenvalue weighted by atomic mass is 10.0. The molecule has 0 aliphatic rings. The van der Waals surface area contributed by atoms with Gasteiger partial charge in [0.2, 0.25) is 5.91 Å². The zero-order valence-corrected chi connectivity index (χ0v) is 8.42. The molecule has 4 nitrogen and oxygen atoms in total. The van der Waals surface area contributed by atoms with Crippen molar-refractivity contribution in [2.24, 2.45) is 5.92 Å². The summed E-state index contributed by atoms with van der Waals surface area (Å²) in [5.41, 5.74) is 0. The zero-order valence-electron chi connectivity index (χ0n) is 8.42. The number of carbonyl (C=O) groups is 2. The Labute approximate surface area is 78.6 Å². The molecule has 1 N–H and O–H groups in total. The third kappa shape index (κ3) is 4.50. The number of carbonyl (C=O) groups excluding carboxylic acids is 2. The minimum atomic E-state index is -0.417. The van der Waals surface area contributed by atoms with Gasteiger partial charge in [-0.05, 0) is 12.8 Å². The van der Waals surface area contributed by atoms with Gasteiger partial charge in [0.25, 0.3) is 0 Å². The van der Waals surface area contributed by atoms with Crippen molar-refractivity contribution in [3.8, 4) is 0 Å². The summed E-state index contributed by atoms with van der Waals surface area (Å²) >= 11 is 0. The quantitative estimate of drug-likeness (QED) is 0.645. The van der Waals surface area contributed by atoms with Gasteiger partial charge < -0.3 is 10.1 Å². The molecule has 13 heavy (non-hydrogen) atoms. The van der Waals surface area contributed by atoms with E-state index < -0.39 is 5.97 Å². The van der Waals surface area contributed by atoms with Gasteiger partial charge in [0, 0.05) is 5.92 Å². The van der Waals surface area contributed by atoms with Crippen molar-refractivity contribution in [3.63, 3.8) is 0 Å². The van der Waals surface area contributed by atoms with Crippen LogP contribution < -0.4 is 5.32 Å². The van der Waals surface area contributed by atoms with E-state index in [0.29, 0.717) is 0 Å². The molecule has 0 aromatic heterocycles. The van der Waals surface area contributed by atoms with Crippen LogP contribution in [0, 0.1) is 5.92 Å². The number of rotatable bonds is 5. The fourth-order valence-electron chi connectivity index (χ4n) is 1.04. The fraction of sp³-hybridized carbons (Fsp3) is 0.778. The molecular weight excluding hydrogens is 170 g/mol. The molecule has 0 atom stereocenters. The lowest BCUT2D eigenvalue weighted by Gasteiger charge is -2.11. The average Bonchev–Trinajstić information content (AvgIpc) is 2.16. The molecule has 0 rings (SSSR count). The van der Waals surface area contributed by atoms with Gasteiger partial charge in [-0.3, -0.25) is 9.59 Å². The van der Waals surface area contributed by atoms with Crippen LogP contribution in [-0.2, 0) is 14.3 Å². The lowest BCUT2D eigenvalue weighted by Crippen LogP contribution is -2.34. The Morgan fingerprint density at radius 2 is 1.85 bits per heavy atom. The van der Waals surface area contributed by atoms with Crippen molar-refractivity contribution in [1.82, 2.24) is 5.32 Å². The summed E-state index contributed by atoms with van der Waals surface area (Å²) in [5.74, 6) is -0.487. The predicted octanol–water partition coefficient (Wildman–Crippen LogP) is 0.712. The maximum atomic E-state index is 11.3. The largest absolute Gasteiger partial charge is 0.468 e. The van der Waals surface area contributed by atoms with Crippen LogP contribution in [0.2, 0.25) is 0 Å². The van der Waals surface area contributed by atoms with Crippen LogP contribution in [0.25, 0.3) is 0 Å². The van der Waals surface area contributed by atoms with Crippen LogP contribution in [0.4, 0.5) is 0 Å². The number of hydrogen-bond acceptors (Lipinski definition) is 3. The monoisotopic (exact) mass is 187 g/mol. The first-order valence-corrected chi connectivity index (χ1v) is 4.50. The average molecular weight is 187 g/mol. The molecule has 0 fully saturated rings. The summed E-state index contributed by atoms with van der Waals surface area (Å²) < 4.78 is 4.39. The molecule has 4 heteroatoms. The van der Waals surface area contributed by atoms with E-state index in [-0.39, 0.29) is 18.4 Å². The highest BCUT2D eigenvalue weighted by Gasteiger charge is 2.14. The standard InChI is InChI=1S/C9H17NO3/c1-4-7(5-2)9(12)10-6-8(11)13-3/h7H,4-6H2,1-3H3,(H,10,12). The van der Waals surface area contributed by atoms with E-state index in [1.165, 1.54) is 7.11 Å². The van der Waals surface area contributed by atoms with Crippen LogP contribution in [0.1, 0.15) is 26.7 Å². The Kier molecular flexibility index (Phi) is 5.93. The van der Waals surface area contributed by atoms with Crippen LogP contribution in [0.5, 0.6) is 0 Å². The first kappa shape index (κ1) is 11.9. The van der Waals surface area contributed by atoms with Gasteiger partial charge in [-0.2, -0.15) is 0 Å². The van der Waals surface area contributed by atoms with E-state index in [4.69, 9.17) is 0 Å². The van der Waals surface area contributed by atoms with Gasteiger partial charge in [0.1, 0.15) is 6.54 Å². The third-order valence-corrected chi connectivity index (χ3v) is 1.99. The molecule has 0 spiro atoms. The second-order valence-corrected chi connectivity index (χ2v) is 2.81. The highest BCUT2D eigenvalue weighted by molar-refractivity contribution is 5.83. The third-order valence-electron chi connectivity index (χ3n) is 1.99. The number of ether oxygens (including phenoxy) is 1. The van der Waals surface area contributed by atoms with E-state index in [9.17, 15) is 9.59 Å². The molecule has 0 aromatic rings. The number of esters is 1. The van der Waals surface area contributed by atoms with Crippen molar-refractivity contribution in [1.29, 1.82) is 0 Å². The molecule has 76 valence electrons. The summed E-state index contributed by atoms with van der Waals surface area (Å²) in [5, 5.41) is 2.52. The molecule has 0 radical (unpaired) electrons. The topological polar surface area (TPSA) is 55.4 Å². The number of methoxy groups -OCH3 is 1. The Bertz CT molecular complexity index is 176. The Morgan fingerprint density at radius 3 is 2.23 bits per heavy atom. The van der Waals surface area contributed by atoms with Gasteiger partial charge >= 0.3 is 5.97 Å². The maximum absolute atomic E-state index is 11.3. The lowest BCUT2D eigenvalue weighted by molar-refractivity contribution is -0.141. The second-order valence-electron chi connectivity index (χ2n) is 2.81. The van der Waals surface area contributed by atoms with E-state index in [1.54, 1.807) is 0 Å². The fourth-order valence-corrected chi connectivity index (χ4v) is 1.04. The summed E-state index contributed by atoms with van der Waals surface area (Å²) in [6.07, 6.45) is 1.59. The van der Waals surface area contributed by atoms with E-state index in [0.717, 1.165) is 12.8 Å². The highest BCUT2D eigenvalue weighted by atomic mass is 16.5. The summed E-state index contributed by atoms with van der Waals surface area (Å²) in [7, 11) is 1.30. The molecule has 0 saturated carbocycles. The van der Waals surface area contributed by atoms with E-state index in [1.807, 2.05) is 13.8 Å². The van der Waals surface area contributed by atoms with Crippen LogP contribution in [0.3, 0.4) is 0 Å². The van der Waals surface area contributed by atoms with Gasteiger partial charge in [-0.25, -0.2) is 0 Å². The van der Waals surface area contributed by atoms with Crippen LogP contribution in [0.15, 0.2) is 0 Å². The minimum Gasteiger partial charge on any atom is -0.468 e. The van der Waals surface area contributed by atoms with Crippen LogP contribution in [-0.4, -0.2) is 25.5 Å². The summed E-state index contributed by atoms with van der Waals surface area (Å²) in [6.45, 7) is 3.86. The van der Waals surface area contributed by atoms with Gasteiger partial charge in [-0.15, -0.1) is 0 Å². The minimum absolute atomic E-state index is 0.00431. The molecule has 0 bridgehead atoms. The molecule has 0 unspecified atom stereocenters. The van der Waals surface area contributed by atoms with Crippen LogP contribution >= 0.6 is 0 Å². The van der Waals surface area contributed by atoms with Gasteiger partial charge in [0.15, 0.2) is 0 Å². The first-order chi connectivity index (χ1) is 6.15. The number of amides is 1. The molecule has 1 amide bonds. The maximum Gasteiger partial charge on any atom is 0.325 e. The van der Waals surface area contributed by atoms with Crippen molar-refractivity contribution in [3.05, 3.63) is 0 Å². The zero-order chi connectivity index (χ0) is 10.3. The second kappa shape index (κ2) is 6.46. The highest BCUT2D eigenvalue weighted by Crippen LogP contribution is 2.06.